The number of rotatable bonds is 5. The summed E-state index contributed by atoms with van der Waals surface area (Å²) in [5.74, 6) is 0.0427. The predicted octanol–water partition coefficient (Wildman–Crippen LogP) is 1.19. The molecular weight excluding hydrogens is 216 g/mol. The summed E-state index contributed by atoms with van der Waals surface area (Å²) in [4.78, 5) is 11.7. The molecule has 0 aromatic carbocycles. The molecule has 1 amide bonds. The van der Waals surface area contributed by atoms with E-state index < -0.39 is 5.60 Å². The van der Waals surface area contributed by atoms with Crippen LogP contribution in [0.25, 0.3) is 0 Å². The zero-order valence-electron chi connectivity index (χ0n) is 11.1. The summed E-state index contributed by atoms with van der Waals surface area (Å²) in [5.41, 5.74) is -0.761. The Bertz CT molecular complexity index is 228. The second kappa shape index (κ2) is 6.97. The molecule has 0 saturated heterocycles. The molecule has 17 heavy (non-hydrogen) atoms. The Labute approximate surface area is 104 Å². The number of aliphatic hydroxyl groups is 1. The van der Waals surface area contributed by atoms with Crippen molar-refractivity contribution in [2.75, 3.05) is 13.1 Å². The third-order valence-corrected chi connectivity index (χ3v) is 3.06. The van der Waals surface area contributed by atoms with Gasteiger partial charge >= 0.3 is 0 Å². The lowest BCUT2D eigenvalue weighted by Gasteiger charge is -2.19. The van der Waals surface area contributed by atoms with Gasteiger partial charge in [-0.25, -0.2) is 0 Å². The molecule has 0 aromatic rings. The summed E-state index contributed by atoms with van der Waals surface area (Å²) in [7, 11) is 0. The van der Waals surface area contributed by atoms with Crippen LogP contribution in [0.4, 0.5) is 0 Å². The van der Waals surface area contributed by atoms with E-state index >= 15 is 0 Å². The molecule has 4 nitrogen and oxygen atoms in total. The first-order valence-corrected chi connectivity index (χ1v) is 6.70. The fourth-order valence-corrected chi connectivity index (χ4v) is 2.18. The predicted molar refractivity (Wildman–Crippen MR) is 68.8 cm³/mol. The van der Waals surface area contributed by atoms with Crippen molar-refractivity contribution in [3.8, 4) is 0 Å². The molecule has 0 radical (unpaired) electrons. The SMILES string of the molecule is CC(C)(O)CNCC(=O)NC1CCCCCC1. The average Bonchev–Trinajstić information content (AvgIpc) is 2.44. The topological polar surface area (TPSA) is 61.4 Å². The minimum Gasteiger partial charge on any atom is -0.389 e. The third-order valence-electron chi connectivity index (χ3n) is 3.06. The van der Waals surface area contributed by atoms with Gasteiger partial charge in [-0.3, -0.25) is 4.79 Å². The van der Waals surface area contributed by atoms with Gasteiger partial charge in [0.2, 0.25) is 5.91 Å². The minimum atomic E-state index is -0.761. The molecule has 0 spiro atoms. The van der Waals surface area contributed by atoms with Crippen molar-refractivity contribution >= 4 is 5.91 Å². The van der Waals surface area contributed by atoms with Crippen molar-refractivity contribution < 1.29 is 9.90 Å². The van der Waals surface area contributed by atoms with Crippen molar-refractivity contribution in [2.24, 2.45) is 0 Å². The second-order valence-electron chi connectivity index (χ2n) is 5.67. The van der Waals surface area contributed by atoms with Crippen LogP contribution in [0.5, 0.6) is 0 Å². The molecule has 3 N–H and O–H groups in total. The molecule has 100 valence electrons. The molecule has 1 rings (SSSR count). The number of amides is 1. The summed E-state index contributed by atoms with van der Waals surface area (Å²) in [5, 5.41) is 15.5. The molecule has 4 heteroatoms. The summed E-state index contributed by atoms with van der Waals surface area (Å²) < 4.78 is 0. The van der Waals surface area contributed by atoms with Crippen molar-refractivity contribution in [3.05, 3.63) is 0 Å². The molecule has 0 heterocycles. The highest BCUT2D eigenvalue weighted by atomic mass is 16.3. The molecule has 0 unspecified atom stereocenters. The Kier molecular flexibility index (Phi) is 5.92. The summed E-state index contributed by atoms with van der Waals surface area (Å²) in [6.45, 7) is 4.18. The van der Waals surface area contributed by atoms with E-state index in [1.807, 2.05) is 0 Å². The number of carbonyl (C=O) groups is 1. The van der Waals surface area contributed by atoms with Crippen molar-refractivity contribution in [3.63, 3.8) is 0 Å². The fourth-order valence-electron chi connectivity index (χ4n) is 2.18. The van der Waals surface area contributed by atoms with E-state index in [0.717, 1.165) is 12.8 Å². The first-order valence-electron chi connectivity index (χ1n) is 6.70. The molecule has 0 aliphatic heterocycles. The quantitative estimate of drug-likeness (QED) is 0.635. The number of hydrogen-bond acceptors (Lipinski definition) is 3. The maximum atomic E-state index is 11.7. The monoisotopic (exact) mass is 242 g/mol. The average molecular weight is 242 g/mol. The highest BCUT2D eigenvalue weighted by Gasteiger charge is 2.16. The van der Waals surface area contributed by atoms with Gasteiger partial charge in [0, 0.05) is 12.6 Å². The number of nitrogens with one attached hydrogen (secondary N) is 2. The van der Waals surface area contributed by atoms with Gasteiger partial charge < -0.3 is 15.7 Å². The molecule has 0 bridgehead atoms. The van der Waals surface area contributed by atoms with E-state index in [2.05, 4.69) is 10.6 Å². The number of hydrogen-bond donors (Lipinski definition) is 3. The van der Waals surface area contributed by atoms with Crippen LogP contribution in [0.2, 0.25) is 0 Å². The summed E-state index contributed by atoms with van der Waals surface area (Å²) in [6, 6.07) is 0.355. The van der Waals surface area contributed by atoms with E-state index in [-0.39, 0.29) is 5.91 Å². The molecular formula is C13H26N2O2. The molecule has 1 aliphatic rings. The van der Waals surface area contributed by atoms with Crippen LogP contribution in [0.1, 0.15) is 52.4 Å². The normalized spacial score (nSPS) is 18.8. The van der Waals surface area contributed by atoms with Crippen LogP contribution >= 0.6 is 0 Å². The maximum absolute atomic E-state index is 11.7. The Balaban J connectivity index is 2.15. The first kappa shape index (κ1) is 14.5. The lowest BCUT2D eigenvalue weighted by molar-refractivity contribution is -0.121. The zero-order chi connectivity index (χ0) is 12.7. The molecule has 1 saturated carbocycles. The molecule has 1 aliphatic carbocycles. The van der Waals surface area contributed by atoms with E-state index in [9.17, 15) is 9.90 Å². The van der Waals surface area contributed by atoms with E-state index in [1.54, 1.807) is 13.8 Å². The Hall–Kier alpha value is -0.610. The van der Waals surface area contributed by atoms with Crippen LogP contribution in [-0.4, -0.2) is 35.7 Å². The third kappa shape index (κ3) is 7.34. The van der Waals surface area contributed by atoms with Gasteiger partial charge in [0.1, 0.15) is 0 Å². The maximum Gasteiger partial charge on any atom is 0.234 e. The lowest BCUT2D eigenvalue weighted by atomic mass is 10.1. The van der Waals surface area contributed by atoms with Crippen molar-refractivity contribution in [1.29, 1.82) is 0 Å². The largest absolute Gasteiger partial charge is 0.389 e. The Morgan fingerprint density at radius 1 is 1.24 bits per heavy atom. The molecule has 0 aromatic heterocycles. The lowest BCUT2D eigenvalue weighted by Crippen LogP contribution is -2.43. The van der Waals surface area contributed by atoms with Crippen LogP contribution in [0, 0.1) is 0 Å². The van der Waals surface area contributed by atoms with Crippen LogP contribution in [-0.2, 0) is 4.79 Å². The summed E-state index contributed by atoms with van der Waals surface area (Å²) in [6.07, 6.45) is 7.26. The molecule has 1 fully saturated rings. The van der Waals surface area contributed by atoms with E-state index in [0.29, 0.717) is 19.1 Å². The van der Waals surface area contributed by atoms with Gasteiger partial charge in [0.15, 0.2) is 0 Å². The van der Waals surface area contributed by atoms with E-state index in [1.165, 1.54) is 25.7 Å². The second-order valence-corrected chi connectivity index (χ2v) is 5.67. The van der Waals surface area contributed by atoms with Crippen LogP contribution in [0.3, 0.4) is 0 Å². The van der Waals surface area contributed by atoms with Gasteiger partial charge in [-0.1, -0.05) is 25.7 Å². The first-order chi connectivity index (χ1) is 7.97. The van der Waals surface area contributed by atoms with Gasteiger partial charge in [-0.2, -0.15) is 0 Å². The minimum absolute atomic E-state index is 0.0427. The van der Waals surface area contributed by atoms with Crippen molar-refractivity contribution in [2.45, 2.75) is 64.0 Å². The standard InChI is InChI=1S/C13H26N2O2/c1-13(2,17)10-14-9-12(16)15-11-7-5-3-4-6-8-11/h11,14,17H,3-10H2,1-2H3,(H,15,16). The van der Waals surface area contributed by atoms with Gasteiger partial charge in [0.05, 0.1) is 12.1 Å². The van der Waals surface area contributed by atoms with E-state index in [4.69, 9.17) is 0 Å². The van der Waals surface area contributed by atoms with Crippen LogP contribution < -0.4 is 10.6 Å². The Morgan fingerprint density at radius 3 is 2.35 bits per heavy atom. The van der Waals surface area contributed by atoms with Gasteiger partial charge in [0.25, 0.3) is 0 Å². The zero-order valence-corrected chi connectivity index (χ0v) is 11.1. The fraction of sp³-hybridized carbons (Fsp3) is 0.923. The van der Waals surface area contributed by atoms with Crippen LogP contribution in [0.15, 0.2) is 0 Å². The highest BCUT2D eigenvalue weighted by molar-refractivity contribution is 5.78. The van der Waals surface area contributed by atoms with Crippen molar-refractivity contribution in [1.82, 2.24) is 10.6 Å². The van der Waals surface area contributed by atoms with Gasteiger partial charge in [-0.05, 0) is 26.7 Å². The summed E-state index contributed by atoms with van der Waals surface area (Å²) >= 11 is 0. The van der Waals surface area contributed by atoms with Gasteiger partial charge in [-0.15, -0.1) is 0 Å². The Morgan fingerprint density at radius 2 is 1.82 bits per heavy atom. The number of carbonyl (C=O) groups excluding carboxylic acids is 1. The highest BCUT2D eigenvalue weighted by Crippen LogP contribution is 2.16. The smallest absolute Gasteiger partial charge is 0.234 e. The molecule has 0 atom stereocenters.